The minimum Gasteiger partial charge on any atom is -0.490 e. The molecule has 180 valence electrons. The number of H-pyrrole nitrogens is 1. The molecule has 1 aliphatic carbocycles. The zero-order valence-electron chi connectivity index (χ0n) is 20.6. The predicted molar refractivity (Wildman–Crippen MR) is 137 cm³/mol. The fourth-order valence-electron chi connectivity index (χ4n) is 5.29. The second-order valence-corrected chi connectivity index (χ2v) is 10.0. The summed E-state index contributed by atoms with van der Waals surface area (Å²) in [6, 6.07) is 16.6. The maximum Gasteiger partial charge on any atom is 0.317 e. The van der Waals surface area contributed by atoms with E-state index in [9.17, 15) is 10.1 Å². The van der Waals surface area contributed by atoms with E-state index in [1.165, 1.54) is 16.7 Å². The number of hydrogen-bond acceptors (Lipinski definition) is 3. The molecule has 0 bridgehead atoms. The summed E-state index contributed by atoms with van der Waals surface area (Å²) < 4.78 is 5.76. The third kappa shape index (κ3) is 4.64. The average Bonchev–Trinajstić information content (AvgIpc) is 3.59. The number of nitrogens with zero attached hydrogens (tertiary/aromatic N) is 2. The van der Waals surface area contributed by atoms with Gasteiger partial charge in [0.15, 0.2) is 0 Å². The number of ether oxygens (including phenoxy) is 1. The van der Waals surface area contributed by atoms with Crippen molar-refractivity contribution in [1.82, 2.24) is 15.2 Å². The van der Waals surface area contributed by atoms with Gasteiger partial charge in [-0.2, -0.15) is 5.26 Å². The maximum absolute atomic E-state index is 12.8. The Labute approximate surface area is 206 Å². The van der Waals surface area contributed by atoms with Crippen LogP contribution in [0.5, 0.6) is 5.75 Å². The summed E-state index contributed by atoms with van der Waals surface area (Å²) in [5, 5.41) is 12.9. The Bertz CT molecular complexity index is 1290. The van der Waals surface area contributed by atoms with Crippen LogP contribution < -0.4 is 10.1 Å². The lowest BCUT2D eigenvalue weighted by atomic mass is 9.97. The van der Waals surface area contributed by atoms with Gasteiger partial charge in [0.25, 0.3) is 0 Å². The van der Waals surface area contributed by atoms with E-state index in [1.807, 2.05) is 43.1 Å². The Morgan fingerprint density at radius 3 is 2.80 bits per heavy atom. The highest BCUT2D eigenvalue weighted by molar-refractivity contribution is 5.78. The van der Waals surface area contributed by atoms with E-state index >= 15 is 0 Å². The smallest absolute Gasteiger partial charge is 0.317 e. The van der Waals surface area contributed by atoms with Gasteiger partial charge in [0, 0.05) is 30.5 Å². The van der Waals surface area contributed by atoms with Crippen LogP contribution in [0.15, 0.2) is 48.7 Å². The molecule has 6 nitrogen and oxygen atoms in total. The standard InChI is InChI=1S/C29H32N4O2/c1-18(2)35-28-10-7-20(13-21(28)15-30)27-14-22(16-31-27)23-5-4-6-25-24(23)8-9-26(25)32-29(34)33-12-11-19(3)17-33/h4-7,10,13-14,16,18-19,26,31H,8-9,11-12,17H2,1-3H3,(H,32,34). The molecule has 0 spiro atoms. The highest BCUT2D eigenvalue weighted by atomic mass is 16.5. The number of hydrogen-bond donors (Lipinski definition) is 2. The highest BCUT2D eigenvalue weighted by Gasteiger charge is 2.30. The minimum absolute atomic E-state index is 0.0118. The lowest BCUT2D eigenvalue weighted by molar-refractivity contribution is 0.203. The first-order valence-electron chi connectivity index (χ1n) is 12.5. The second kappa shape index (κ2) is 9.50. The zero-order chi connectivity index (χ0) is 24.5. The first-order valence-corrected chi connectivity index (χ1v) is 12.5. The molecule has 2 heterocycles. The molecule has 2 unspecified atom stereocenters. The second-order valence-electron chi connectivity index (χ2n) is 10.0. The van der Waals surface area contributed by atoms with Crippen molar-refractivity contribution in [2.75, 3.05) is 13.1 Å². The summed E-state index contributed by atoms with van der Waals surface area (Å²) in [5.74, 6) is 1.18. The van der Waals surface area contributed by atoms with Crippen molar-refractivity contribution >= 4 is 6.03 Å². The van der Waals surface area contributed by atoms with Gasteiger partial charge in [-0.3, -0.25) is 0 Å². The molecule has 1 fully saturated rings. The molecule has 6 heteroatoms. The van der Waals surface area contributed by atoms with Gasteiger partial charge in [0.2, 0.25) is 0 Å². The van der Waals surface area contributed by atoms with Crippen LogP contribution in [0.4, 0.5) is 4.79 Å². The van der Waals surface area contributed by atoms with Crippen molar-refractivity contribution in [3.05, 3.63) is 65.4 Å². The number of nitrogens with one attached hydrogen (secondary N) is 2. The summed E-state index contributed by atoms with van der Waals surface area (Å²) in [6.45, 7) is 7.79. The lowest BCUT2D eigenvalue weighted by Gasteiger charge is -2.21. The number of aromatic nitrogens is 1. The average molecular weight is 469 g/mol. The first-order chi connectivity index (χ1) is 16.9. The van der Waals surface area contributed by atoms with E-state index in [-0.39, 0.29) is 18.2 Å². The van der Waals surface area contributed by atoms with Crippen LogP contribution in [0.1, 0.15) is 56.3 Å². The molecule has 3 aromatic rings. The van der Waals surface area contributed by atoms with Crippen molar-refractivity contribution in [3.63, 3.8) is 0 Å². The van der Waals surface area contributed by atoms with Crippen LogP contribution in [-0.4, -0.2) is 35.1 Å². The van der Waals surface area contributed by atoms with Gasteiger partial charge < -0.3 is 19.9 Å². The highest BCUT2D eigenvalue weighted by Crippen LogP contribution is 2.39. The minimum atomic E-state index is 0.0118. The number of rotatable bonds is 5. The fourth-order valence-corrected chi connectivity index (χ4v) is 5.29. The van der Waals surface area contributed by atoms with Crippen LogP contribution in [0, 0.1) is 17.2 Å². The van der Waals surface area contributed by atoms with Crippen molar-refractivity contribution in [2.24, 2.45) is 5.92 Å². The van der Waals surface area contributed by atoms with Gasteiger partial charge in [-0.25, -0.2) is 4.79 Å². The SMILES string of the molecule is CC1CCN(C(=O)NC2CCc3c(-c4c[nH]c(-c5ccc(OC(C)C)c(C#N)c5)c4)cccc32)C1. The van der Waals surface area contributed by atoms with Crippen LogP contribution in [-0.2, 0) is 6.42 Å². The number of carbonyl (C=O) groups excluding carboxylic acids is 1. The van der Waals surface area contributed by atoms with Crippen molar-refractivity contribution in [2.45, 2.75) is 52.2 Å². The number of likely N-dealkylation sites (tertiary alicyclic amines) is 1. The van der Waals surface area contributed by atoms with Crippen molar-refractivity contribution in [3.8, 4) is 34.2 Å². The summed E-state index contributed by atoms with van der Waals surface area (Å²) in [5.41, 5.74) is 7.25. The summed E-state index contributed by atoms with van der Waals surface area (Å²) >= 11 is 0. The van der Waals surface area contributed by atoms with Crippen LogP contribution in [0.3, 0.4) is 0 Å². The van der Waals surface area contributed by atoms with E-state index in [4.69, 9.17) is 4.74 Å². The molecule has 0 radical (unpaired) electrons. The molecule has 2 aromatic carbocycles. The van der Waals surface area contributed by atoms with Crippen molar-refractivity contribution in [1.29, 1.82) is 5.26 Å². The molecular formula is C29H32N4O2. The molecule has 2 aliphatic rings. The van der Waals surface area contributed by atoms with Gasteiger partial charge in [-0.05, 0) is 85.5 Å². The third-order valence-electron chi connectivity index (χ3n) is 7.05. The number of aromatic amines is 1. The van der Waals surface area contributed by atoms with Crippen LogP contribution in [0.25, 0.3) is 22.4 Å². The molecule has 1 saturated heterocycles. The Morgan fingerprint density at radius 2 is 2.06 bits per heavy atom. The zero-order valence-corrected chi connectivity index (χ0v) is 20.6. The predicted octanol–water partition coefficient (Wildman–Crippen LogP) is 6.05. The topological polar surface area (TPSA) is 81.2 Å². The van der Waals surface area contributed by atoms with E-state index in [0.29, 0.717) is 17.2 Å². The van der Waals surface area contributed by atoms with Gasteiger partial charge >= 0.3 is 6.03 Å². The van der Waals surface area contributed by atoms with Gasteiger partial charge in [-0.15, -0.1) is 0 Å². The van der Waals surface area contributed by atoms with E-state index in [2.05, 4.69) is 47.6 Å². The normalized spacial score (nSPS) is 19.0. The first kappa shape index (κ1) is 23.0. The molecular weight excluding hydrogens is 436 g/mol. The monoisotopic (exact) mass is 468 g/mol. The number of carbonyl (C=O) groups is 1. The lowest BCUT2D eigenvalue weighted by Crippen LogP contribution is -2.39. The largest absolute Gasteiger partial charge is 0.490 e. The molecule has 5 rings (SSSR count). The Morgan fingerprint density at radius 1 is 1.20 bits per heavy atom. The molecule has 35 heavy (non-hydrogen) atoms. The Hall–Kier alpha value is -3.72. The van der Waals surface area contributed by atoms with Gasteiger partial charge in [0.1, 0.15) is 11.8 Å². The fraction of sp³-hybridized carbons (Fsp3) is 0.379. The third-order valence-corrected chi connectivity index (χ3v) is 7.05. The number of urea groups is 1. The van der Waals surface area contributed by atoms with Gasteiger partial charge in [0.05, 0.1) is 17.7 Å². The van der Waals surface area contributed by atoms with E-state index < -0.39 is 0 Å². The maximum atomic E-state index is 12.8. The Balaban J connectivity index is 1.37. The molecule has 2 atom stereocenters. The van der Waals surface area contributed by atoms with Crippen molar-refractivity contribution < 1.29 is 9.53 Å². The van der Waals surface area contributed by atoms with Crippen LogP contribution >= 0.6 is 0 Å². The quantitative estimate of drug-likeness (QED) is 0.478. The molecule has 2 N–H and O–H groups in total. The summed E-state index contributed by atoms with van der Waals surface area (Å²) in [4.78, 5) is 18.1. The molecule has 1 aromatic heterocycles. The van der Waals surface area contributed by atoms with Gasteiger partial charge in [-0.1, -0.05) is 25.1 Å². The summed E-state index contributed by atoms with van der Waals surface area (Å²) in [7, 11) is 0. The molecule has 0 saturated carbocycles. The van der Waals surface area contributed by atoms with E-state index in [0.717, 1.165) is 49.2 Å². The number of nitriles is 1. The number of fused-ring (bicyclic) bond motifs is 1. The number of benzene rings is 2. The molecule has 1 aliphatic heterocycles. The van der Waals surface area contributed by atoms with Crippen LogP contribution in [0.2, 0.25) is 0 Å². The summed E-state index contributed by atoms with van der Waals surface area (Å²) in [6.07, 6.45) is 4.97. The molecule has 2 amide bonds. The number of amides is 2. The van der Waals surface area contributed by atoms with E-state index in [1.54, 1.807) is 0 Å². The Kier molecular flexibility index (Phi) is 6.25.